The second kappa shape index (κ2) is 11.8. The number of hydrogen-bond donors (Lipinski definition) is 2. The Labute approximate surface area is 180 Å². The molecule has 0 aromatic rings. The van der Waals surface area contributed by atoms with Crippen LogP contribution in [-0.4, -0.2) is 24.5 Å². The molecule has 2 N–H and O–H groups in total. The van der Waals surface area contributed by atoms with Gasteiger partial charge in [-0.05, 0) is 84.0 Å². The van der Waals surface area contributed by atoms with E-state index in [1.807, 2.05) is 27.7 Å². The van der Waals surface area contributed by atoms with Gasteiger partial charge in [0.1, 0.15) is 0 Å². The first kappa shape index (κ1) is 24.9. The van der Waals surface area contributed by atoms with Gasteiger partial charge in [0.05, 0.1) is 5.54 Å². The smallest absolute Gasteiger partial charge is 0.224 e. The van der Waals surface area contributed by atoms with Crippen LogP contribution in [0.15, 0.2) is 46.5 Å². The molecule has 1 aliphatic carbocycles. The molecule has 2 bridgehead atoms. The van der Waals surface area contributed by atoms with E-state index in [1.165, 1.54) is 18.4 Å². The molecule has 4 heteroatoms. The summed E-state index contributed by atoms with van der Waals surface area (Å²) in [4.78, 5) is 12.2. The van der Waals surface area contributed by atoms with Gasteiger partial charge in [0.15, 0.2) is 0 Å². The third-order valence-electron chi connectivity index (χ3n) is 5.88. The van der Waals surface area contributed by atoms with Crippen molar-refractivity contribution >= 4 is 21.8 Å². The van der Waals surface area contributed by atoms with Crippen molar-refractivity contribution in [2.24, 2.45) is 17.8 Å². The Kier molecular flexibility index (Phi) is 10.5. The molecule has 3 atom stereocenters. The van der Waals surface area contributed by atoms with Crippen molar-refractivity contribution in [3.63, 3.8) is 0 Å². The molecule has 2 unspecified atom stereocenters. The standard InChI is InChI=1S/C13H22N2O.C11H17Br/c1-8(2)13(3,4)15-12(16)11-9-5-10(11)7-14-6-9;1-4-6-7-8-9-11(12)10(3)5-2/h9-11,14H,1,5-7H2,2-4H3,(H,15,16);5,7-9H,4,6H2,1-3H3/b;8-7-,10-5+,11-9+/t9-,10?,11?;/m0./s1. The molecule has 1 amide bonds. The molecule has 3 aliphatic rings. The summed E-state index contributed by atoms with van der Waals surface area (Å²) in [6.45, 7) is 18.2. The number of halogens is 1. The zero-order valence-electron chi connectivity index (χ0n) is 18.6. The molecule has 158 valence electrons. The lowest BCUT2D eigenvalue weighted by Gasteiger charge is -2.49. The molecular formula is C24H39BrN2O. The number of carbonyl (C=O) groups excluding carboxylic acids is 1. The normalized spacial score (nSPS) is 24.9. The van der Waals surface area contributed by atoms with E-state index in [0.29, 0.717) is 11.8 Å². The molecule has 3 nitrogen and oxygen atoms in total. The van der Waals surface area contributed by atoms with Gasteiger partial charge < -0.3 is 10.6 Å². The quantitative estimate of drug-likeness (QED) is 0.374. The summed E-state index contributed by atoms with van der Waals surface area (Å²) in [6.07, 6.45) is 12.1. The van der Waals surface area contributed by atoms with Crippen LogP contribution < -0.4 is 10.6 Å². The maximum Gasteiger partial charge on any atom is 0.224 e. The van der Waals surface area contributed by atoms with Gasteiger partial charge >= 0.3 is 0 Å². The van der Waals surface area contributed by atoms with Crippen LogP contribution in [0.3, 0.4) is 0 Å². The molecule has 3 fully saturated rings. The summed E-state index contributed by atoms with van der Waals surface area (Å²) >= 11 is 3.50. The Bertz CT molecular complexity index is 617. The van der Waals surface area contributed by atoms with Crippen LogP contribution >= 0.6 is 15.9 Å². The molecule has 0 radical (unpaired) electrons. The minimum absolute atomic E-state index is 0.218. The van der Waals surface area contributed by atoms with Crippen LogP contribution in [0.1, 0.15) is 60.8 Å². The number of unbranched alkanes of at least 4 members (excludes halogenated alkanes) is 1. The van der Waals surface area contributed by atoms with Gasteiger partial charge in [0.25, 0.3) is 0 Å². The van der Waals surface area contributed by atoms with Crippen LogP contribution in [0.4, 0.5) is 0 Å². The van der Waals surface area contributed by atoms with E-state index in [1.54, 1.807) is 0 Å². The number of nitrogens with one attached hydrogen (secondary N) is 2. The summed E-state index contributed by atoms with van der Waals surface area (Å²) < 4.78 is 1.16. The predicted octanol–water partition coefficient (Wildman–Crippen LogP) is 5.90. The van der Waals surface area contributed by atoms with E-state index in [4.69, 9.17) is 0 Å². The number of fused-ring (bicyclic) bond motifs is 2. The first-order valence-corrected chi connectivity index (χ1v) is 11.3. The Balaban J connectivity index is 0.000000295. The van der Waals surface area contributed by atoms with Gasteiger partial charge in [-0.2, -0.15) is 0 Å². The first-order chi connectivity index (χ1) is 13.1. The average molecular weight is 451 g/mol. The summed E-state index contributed by atoms with van der Waals surface area (Å²) in [6, 6.07) is 0. The second-order valence-electron chi connectivity index (χ2n) is 8.54. The number of amides is 1. The number of carbonyl (C=O) groups is 1. The summed E-state index contributed by atoms with van der Waals surface area (Å²) in [5.74, 6) is 1.56. The van der Waals surface area contributed by atoms with Gasteiger partial charge in [-0.15, -0.1) is 0 Å². The van der Waals surface area contributed by atoms with Gasteiger partial charge in [0, 0.05) is 10.4 Å². The van der Waals surface area contributed by atoms with Gasteiger partial charge in [-0.1, -0.05) is 59.7 Å². The minimum atomic E-state index is -0.283. The zero-order chi connectivity index (χ0) is 21.3. The lowest BCUT2D eigenvalue weighted by Crippen LogP contribution is -2.60. The fourth-order valence-electron chi connectivity index (χ4n) is 3.36. The van der Waals surface area contributed by atoms with Gasteiger partial charge in [-0.3, -0.25) is 4.79 Å². The topological polar surface area (TPSA) is 41.1 Å². The van der Waals surface area contributed by atoms with E-state index < -0.39 is 0 Å². The highest BCUT2D eigenvalue weighted by molar-refractivity contribution is 9.12. The van der Waals surface area contributed by atoms with Crippen molar-refractivity contribution in [1.82, 2.24) is 10.6 Å². The molecule has 0 aromatic heterocycles. The minimum Gasteiger partial charge on any atom is -0.347 e. The van der Waals surface area contributed by atoms with Crippen LogP contribution in [0.2, 0.25) is 0 Å². The number of piperidine rings is 2. The summed E-state index contributed by atoms with van der Waals surface area (Å²) in [7, 11) is 0. The highest BCUT2D eigenvalue weighted by Crippen LogP contribution is 2.42. The van der Waals surface area contributed by atoms with Gasteiger partial charge in [-0.25, -0.2) is 0 Å². The zero-order valence-corrected chi connectivity index (χ0v) is 20.2. The molecule has 2 heterocycles. The largest absolute Gasteiger partial charge is 0.347 e. The van der Waals surface area contributed by atoms with E-state index in [0.717, 1.165) is 29.6 Å². The Morgan fingerprint density at radius 3 is 2.36 bits per heavy atom. The molecule has 2 aliphatic heterocycles. The van der Waals surface area contributed by atoms with E-state index in [2.05, 4.69) is 71.3 Å². The highest BCUT2D eigenvalue weighted by atomic mass is 79.9. The Morgan fingerprint density at radius 2 is 1.89 bits per heavy atom. The van der Waals surface area contributed by atoms with Crippen molar-refractivity contribution in [2.75, 3.05) is 13.1 Å². The van der Waals surface area contributed by atoms with Crippen LogP contribution in [0.5, 0.6) is 0 Å². The Hall–Kier alpha value is -1.13. The van der Waals surface area contributed by atoms with Gasteiger partial charge in [0.2, 0.25) is 5.91 Å². The Morgan fingerprint density at radius 1 is 1.29 bits per heavy atom. The maximum absolute atomic E-state index is 12.2. The number of hydrogen-bond acceptors (Lipinski definition) is 2. The van der Waals surface area contributed by atoms with Crippen LogP contribution in [-0.2, 0) is 4.79 Å². The lowest BCUT2D eigenvalue weighted by atomic mass is 9.61. The third kappa shape index (κ3) is 7.36. The first-order valence-electron chi connectivity index (χ1n) is 10.5. The van der Waals surface area contributed by atoms with E-state index in [9.17, 15) is 4.79 Å². The van der Waals surface area contributed by atoms with Crippen LogP contribution in [0, 0.1) is 17.8 Å². The second-order valence-corrected chi connectivity index (χ2v) is 9.39. The number of allylic oxidation sites excluding steroid dienone is 6. The van der Waals surface area contributed by atoms with Crippen molar-refractivity contribution in [2.45, 2.75) is 66.3 Å². The van der Waals surface area contributed by atoms with Crippen molar-refractivity contribution in [3.8, 4) is 0 Å². The lowest BCUT2D eigenvalue weighted by molar-refractivity contribution is -0.137. The van der Waals surface area contributed by atoms with E-state index >= 15 is 0 Å². The SMILES string of the molecule is C/C=C(C)/C(Br)=C\C=C/CCC.C=C(C)C(C)(C)NC(=O)C1C2CNC[C@@H]1C2. The fourth-order valence-corrected chi connectivity index (χ4v) is 3.74. The molecule has 2 saturated heterocycles. The highest BCUT2D eigenvalue weighted by Gasteiger charge is 2.48. The molecule has 0 aromatic carbocycles. The van der Waals surface area contributed by atoms with Crippen molar-refractivity contribution in [3.05, 3.63) is 46.5 Å². The van der Waals surface area contributed by atoms with E-state index in [-0.39, 0.29) is 17.4 Å². The molecule has 1 saturated carbocycles. The molecular weight excluding hydrogens is 412 g/mol. The molecule has 28 heavy (non-hydrogen) atoms. The fraction of sp³-hybridized carbons (Fsp3) is 0.625. The van der Waals surface area contributed by atoms with Crippen molar-refractivity contribution < 1.29 is 4.79 Å². The molecule has 0 spiro atoms. The monoisotopic (exact) mass is 450 g/mol. The maximum atomic E-state index is 12.2. The third-order valence-corrected chi connectivity index (χ3v) is 6.77. The summed E-state index contributed by atoms with van der Waals surface area (Å²) in [5.41, 5.74) is 1.99. The summed E-state index contributed by atoms with van der Waals surface area (Å²) in [5, 5.41) is 6.48. The average Bonchev–Trinajstić information content (AvgIpc) is 2.64. The molecule has 3 rings (SSSR count). The number of rotatable bonds is 7. The predicted molar refractivity (Wildman–Crippen MR) is 125 cm³/mol. The van der Waals surface area contributed by atoms with Crippen LogP contribution in [0.25, 0.3) is 0 Å². The van der Waals surface area contributed by atoms with Crippen molar-refractivity contribution in [1.29, 1.82) is 0 Å².